The van der Waals surface area contributed by atoms with E-state index >= 15 is 0 Å². The highest BCUT2D eigenvalue weighted by Crippen LogP contribution is 2.27. The first-order chi connectivity index (χ1) is 14.0. The number of aryl methyl sites for hydroxylation is 2. The molecule has 146 valence electrons. The van der Waals surface area contributed by atoms with Gasteiger partial charge in [-0.3, -0.25) is 4.79 Å². The lowest BCUT2D eigenvalue weighted by molar-refractivity contribution is -0.118. The largest absolute Gasteiger partial charge is 0.483 e. The number of benzene rings is 3. The molecule has 0 spiro atoms. The number of oxazole rings is 1. The number of halogens is 1. The highest BCUT2D eigenvalue weighted by atomic mass is 35.5. The predicted molar refractivity (Wildman–Crippen MR) is 114 cm³/mol. The summed E-state index contributed by atoms with van der Waals surface area (Å²) >= 11 is 5.99. The van der Waals surface area contributed by atoms with Crippen molar-refractivity contribution in [1.82, 2.24) is 4.98 Å². The Morgan fingerprint density at radius 3 is 2.62 bits per heavy atom. The van der Waals surface area contributed by atoms with Crippen LogP contribution in [0.4, 0.5) is 5.69 Å². The Hall–Kier alpha value is -3.31. The Morgan fingerprint density at radius 2 is 1.86 bits per heavy atom. The fraction of sp³-hybridized carbons (Fsp3) is 0.130. The maximum absolute atomic E-state index is 12.2. The van der Waals surface area contributed by atoms with Crippen LogP contribution in [-0.4, -0.2) is 17.5 Å². The van der Waals surface area contributed by atoms with Crippen LogP contribution in [0.2, 0.25) is 5.02 Å². The fourth-order valence-corrected chi connectivity index (χ4v) is 3.19. The first-order valence-electron chi connectivity index (χ1n) is 9.14. The van der Waals surface area contributed by atoms with Gasteiger partial charge >= 0.3 is 0 Å². The van der Waals surface area contributed by atoms with Gasteiger partial charge in [-0.15, -0.1) is 0 Å². The van der Waals surface area contributed by atoms with Crippen molar-refractivity contribution in [2.75, 3.05) is 11.9 Å². The summed E-state index contributed by atoms with van der Waals surface area (Å²) in [7, 11) is 0. The topological polar surface area (TPSA) is 64.4 Å². The van der Waals surface area contributed by atoms with E-state index in [4.69, 9.17) is 20.8 Å². The standard InChI is InChI=1S/C23H19ClN2O3/c1-14-3-9-20(15(2)11-14)28-13-22(27)25-18-7-4-16(5-8-18)23-26-19-12-17(24)6-10-21(19)29-23/h3-12H,13H2,1-2H3,(H,25,27). The lowest BCUT2D eigenvalue weighted by atomic mass is 10.1. The third kappa shape index (κ3) is 4.41. The van der Waals surface area contributed by atoms with Gasteiger partial charge in [-0.25, -0.2) is 4.98 Å². The molecule has 0 aliphatic carbocycles. The van der Waals surface area contributed by atoms with E-state index in [0.717, 1.165) is 16.7 Å². The number of amides is 1. The van der Waals surface area contributed by atoms with Crippen molar-refractivity contribution in [3.63, 3.8) is 0 Å². The Balaban J connectivity index is 1.40. The van der Waals surface area contributed by atoms with Gasteiger partial charge in [-0.05, 0) is 67.9 Å². The first kappa shape index (κ1) is 19.0. The normalized spacial score (nSPS) is 10.9. The second kappa shape index (κ2) is 7.97. The van der Waals surface area contributed by atoms with Crippen LogP contribution >= 0.6 is 11.6 Å². The molecule has 1 heterocycles. The van der Waals surface area contributed by atoms with Crippen LogP contribution in [0, 0.1) is 13.8 Å². The van der Waals surface area contributed by atoms with E-state index in [-0.39, 0.29) is 12.5 Å². The van der Waals surface area contributed by atoms with Gasteiger partial charge < -0.3 is 14.5 Å². The molecule has 0 aliphatic rings. The van der Waals surface area contributed by atoms with Crippen LogP contribution in [-0.2, 0) is 4.79 Å². The number of anilines is 1. The van der Waals surface area contributed by atoms with E-state index in [1.165, 1.54) is 0 Å². The van der Waals surface area contributed by atoms with Crippen LogP contribution in [0.25, 0.3) is 22.6 Å². The number of nitrogens with one attached hydrogen (secondary N) is 1. The SMILES string of the molecule is Cc1ccc(OCC(=O)Nc2ccc(-c3nc4cc(Cl)ccc4o3)cc2)c(C)c1. The minimum atomic E-state index is -0.228. The highest BCUT2D eigenvalue weighted by Gasteiger charge is 2.10. The predicted octanol–water partition coefficient (Wildman–Crippen LogP) is 5.78. The molecule has 4 aromatic rings. The van der Waals surface area contributed by atoms with Gasteiger partial charge in [-0.1, -0.05) is 29.3 Å². The van der Waals surface area contributed by atoms with Crippen molar-refractivity contribution in [3.8, 4) is 17.2 Å². The number of hydrogen-bond acceptors (Lipinski definition) is 4. The van der Waals surface area contributed by atoms with Crippen LogP contribution in [0.3, 0.4) is 0 Å². The Bertz CT molecular complexity index is 1180. The molecule has 0 atom stereocenters. The molecule has 1 aromatic heterocycles. The zero-order valence-electron chi connectivity index (χ0n) is 16.0. The van der Waals surface area contributed by atoms with Crippen molar-refractivity contribution in [3.05, 3.63) is 76.8 Å². The number of ether oxygens (including phenoxy) is 1. The van der Waals surface area contributed by atoms with Crippen molar-refractivity contribution in [2.45, 2.75) is 13.8 Å². The summed E-state index contributed by atoms with van der Waals surface area (Å²) in [5, 5.41) is 3.43. The van der Waals surface area contributed by atoms with Gasteiger partial charge in [0.2, 0.25) is 5.89 Å². The average Bonchev–Trinajstić information content (AvgIpc) is 3.11. The van der Waals surface area contributed by atoms with Gasteiger partial charge in [0.05, 0.1) is 0 Å². The Labute approximate surface area is 173 Å². The zero-order valence-corrected chi connectivity index (χ0v) is 16.8. The fourth-order valence-electron chi connectivity index (χ4n) is 3.02. The van der Waals surface area contributed by atoms with Crippen LogP contribution in [0.15, 0.2) is 65.1 Å². The number of carbonyl (C=O) groups is 1. The quantitative estimate of drug-likeness (QED) is 0.456. The van der Waals surface area contributed by atoms with E-state index in [1.807, 2.05) is 44.2 Å². The summed E-state index contributed by atoms with van der Waals surface area (Å²) in [6, 6.07) is 18.4. The van der Waals surface area contributed by atoms with Gasteiger partial charge in [0.15, 0.2) is 12.2 Å². The van der Waals surface area contributed by atoms with Crippen molar-refractivity contribution >= 4 is 34.3 Å². The lowest BCUT2D eigenvalue weighted by Gasteiger charge is -2.10. The molecule has 3 aromatic carbocycles. The summed E-state index contributed by atoms with van der Waals surface area (Å²) in [6.45, 7) is 3.92. The lowest BCUT2D eigenvalue weighted by Crippen LogP contribution is -2.20. The molecule has 0 unspecified atom stereocenters. The van der Waals surface area contributed by atoms with Gasteiger partial charge in [0.1, 0.15) is 11.3 Å². The maximum atomic E-state index is 12.2. The molecule has 0 aliphatic heterocycles. The molecule has 0 radical (unpaired) electrons. The minimum absolute atomic E-state index is 0.0580. The van der Waals surface area contributed by atoms with Crippen molar-refractivity contribution < 1.29 is 13.9 Å². The molecular weight excluding hydrogens is 388 g/mol. The summed E-state index contributed by atoms with van der Waals surface area (Å²) in [4.78, 5) is 16.6. The summed E-state index contributed by atoms with van der Waals surface area (Å²) in [5.74, 6) is 0.977. The average molecular weight is 407 g/mol. The summed E-state index contributed by atoms with van der Waals surface area (Å²) < 4.78 is 11.4. The molecule has 0 fully saturated rings. The number of hydrogen-bond donors (Lipinski definition) is 1. The van der Waals surface area contributed by atoms with Gasteiger partial charge in [0.25, 0.3) is 5.91 Å². The number of carbonyl (C=O) groups excluding carboxylic acids is 1. The van der Waals surface area contributed by atoms with E-state index in [1.54, 1.807) is 30.3 Å². The van der Waals surface area contributed by atoms with Gasteiger partial charge in [-0.2, -0.15) is 0 Å². The smallest absolute Gasteiger partial charge is 0.262 e. The zero-order chi connectivity index (χ0) is 20.4. The Kier molecular flexibility index (Phi) is 5.23. The van der Waals surface area contributed by atoms with Crippen molar-refractivity contribution in [2.24, 2.45) is 0 Å². The third-order valence-electron chi connectivity index (χ3n) is 4.45. The van der Waals surface area contributed by atoms with E-state index < -0.39 is 0 Å². The molecule has 0 saturated carbocycles. The highest BCUT2D eigenvalue weighted by molar-refractivity contribution is 6.31. The monoisotopic (exact) mass is 406 g/mol. The maximum Gasteiger partial charge on any atom is 0.262 e. The molecule has 29 heavy (non-hydrogen) atoms. The molecule has 1 N–H and O–H groups in total. The molecule has 0 bridgehead atoms. The first-order valence-corrected chi connectivity index (χ1v) is 9.52. The molecule has 5 nitrogen and oxygen atoms in total. The van der Waals surface area contributed by atoms with E-state index in [9.17, 15) is 4.79 Å². The second-order valence-electron chi connectivity index (χ2n) is 6.81. The molecular formula is C23H19ClN2O3. The Morgan fingerprint density at radius 1 is 1.07 bits per heavy atom. The molecule has 0 saturated heterocycles. The van der Waals surface area contributed by atoms with Crippen molar-refractivity contribution in [1.29, 1.82) is 0 Å². The summed E-state index contributed by atoms with van der Waals surface area (Å²) in [5.41, 5.74) is 5.01. The van der Waals surface area contributed by atoms with Crippen LogP contribution in [0.1, 0.15) is 11.1 Å². The number of nitrogens with zero attached hydrogens (tertiary/aromatic N) is 1. The van der Waals surface area contributed by atoms with Gasteiger partial charge in [0, 0.05) is 16.3 Å². The summed E-state index contributed by atoms with van der Waals surface area (Å²) in [6.07, 6.45) is 0. The number of rotatable bonds is 5. The minimum Gasteiger partial charge on any atom is -0.483 e. The van der Waals surface area contributed by atoms with E-state index in [0.29, 0.717) is 33.4 Å². The number of aromatic nitrogens is 1. The molecule has 1 amide bonds. The van der Waals surface area contributed by atoms with Crippen LogP contribution < -0.4 is 10.1 Å². The molecule has 4 rings (SSSR count). The third-order valence-corrected chi connectivity index (χ3v) is 4.69. The van der Waals surface area contributed by atoms with Crippen LogP contribution in [0.5, 0.6) is 5.75 Å². The number of fused-ring (bicyclic) bond motifs is 1. The van der Waals surface area contributed by atoms with E-state index in [2.05, 4.69) is 10.3 Å². The molecule has 6 heteroatoms. The second-order valence-corrected chi connectivity index (χ2v) is 7.25.